The smallest absolute Gasteiger partial charge is 0.335 e. The van der Waals surface area contributed by atoms with Crippen LogP contribution in [0.2, 0.25) is 0 Å². The van der Waals surface area contributed by atoms with Gasteiger partial charge in [0.05, 0.1) is 12.1 Å². The third-order valence-corrected chi connectivity index (χ3v) is 2.87. The van der Waals surface area contributed by atoms with Crippen LogP contribution in [-0.2, 0) is 6.54 Å². The number of carbonyl (C=O) groups is 1. The van der Waals surface area contributed by atoms with Gasteiger partial charge in [-0.05, 0) is 25.1 Å². The summed E-state index contributed by atoms with van der Waals surface area (Å²) in [6.07, 6.45) is 3.18. The van der Waals surface area contributed by atoms with E-state index in [0.717, 1.165) is 6.54 Å². The van der Waals surface area contributed by atoms with Gasteiger partial charge in [-0.2, -0.15) is 5.10 Å². The Hall–Kier alpha value is -2.41. The Kier molecular flexibility index (Phi) is 5.28. The van der Waals surface area contributed by atoms with Crippen molar-refractivity contribution in [2.75, 3.05) is 13.2 Å². The second-order valence-electron chi connectivity index (χ2n) is 4.65. The molecule has 2 N–H and O–H groups in total. The summed E-state index contributed by atoms with van der Waals surface area (Å²) in [6, 6.07) is 6.69. The van der Waals surface area contributed by atoms with Gasteiger partial charge in [-0.15, -0.1) is 0 Å². The molecule has 0 spiro atoms. The summed E-state index contributed by atoms with van der Waals surface area (Å²) in [7, 11) is 0. The molecule has 1 heterocycles. The number of aromatic carboxylic acids is 1. The van der Waals surface area contributed by atoms with Gasteiger partial charge >= 0.3 is 5.97 Å². The van der Waals surface area contributed by atoms with Crippen LogP contribution in [0.4, 0.5) is 0 Å². The van der Waals surface area contributed by atoms with E-state index >= 15 is 0 Å². The predicted molar refractivity (Wildman–Crippen MR) is 76.4 cm³/mol. The molecule has 1 aromatic heterocycles. The molecule has 0 saturated heterocycles. The van der Waals surface area contributed by atoms with E-state index < -0.39 is 5.97 Å². The van der Waals surface area contributed by atoms with Crippen molar-refractivity contribution in [2.24, 2.45) is 0 Å². The number of benzene rings is 1. The third kappa shape index (κ3) is 4.88. The van der Waals surface area contributed by atoms with Gasteiger partial charge in [0, 0.05) is 12.6 Å². The third-order valence-electron chi connectivity index (χ3n) is 2.87. The minimum atomic E-state index is -0.958. The lowest BCUT2D eigenvalue weighted by atomic mass is 10.2. The first-order valence-corrected chi connectivity index (χ1v) is 6.67. The fourth-order valence-electron chi connectivity index (χ4n) is 1.87. The van der Waals surface area contributed by atoms with Gasteiger partial charge < -0.3 is 15.2 Å². The number of hydrogen-bond acceptors (Lipinski definition) is 5. The quantitative estimate of drug-likeness (QED) is 0.706. The van der Waals surface area contributed by atoms with E-state index in [1.807, 2.05) is 6.92 Å². The highest BCUT2D eigenvalue weighted by atomic mass is 16.5. The molecule has 1 atom stereocenters. The van der Waals surface area contributed by atoms with E-state index in [2.05, 4.69) is 15.4 Å². The summed E-state index contributed by atoms with van der Waals surface area (Å²) in [5, 5.41) is 16.2. The second kappa shape index (κ2) is 7.39. The van der Waals surface area contributed by atoms with E-state index in [1.165, 1.54) is 18.5 Å². The summed E-state index contributed by atoms with van der Waals surface area (Å²) in [6.45, 7) is 3.90. The molecule has 112 valence electrons. The highest BCUT2D eigenvalue weighted by Gasteiger charge is 2.05. The average Bonchev–Trinajstić information content (AvgIpc) is 2.97. The van der Waals surface area contributed by atoms with Crippen LogP contribution in [0.5, 0.6) is 5.75 Å². The fraction of sp³-hybridized carbons (Fsp3) is 0.357. The van der Waals surface area contributed by atoms with Crippen molar-refractivity contribution in [3.05, 3.63) is 42.5 Å². The molecule has 1 unspecified atom stereocenters. The average molecular weight is 290 g/mol. The molecule has 0 aliphatic rings. The van der Waals surface area contributed by atoms with E-state index in [0.29, 0.717) is 18.9 Å². The highest BCUT2D eigenvalue weighted by Crippen LogP contribution is 2.12. The van der Waals surface area contributed by atoms with Gasteiger partial charge in [-0.3, -0.25) is 4.68 Å². The number of nitrogens with zero attached hydrogens (tertiary/aromatic N) is 3. The molecular weight excluding hydrogens is 272 g/mol. The molecule has 2 rings (SSSR count). The Morgan fingerprint density at radius 3 is 3.10 bits per heavy atom. The van der Waals surface area contributed by atoms with E-state index in [9.17, 15) is 4.79 Å². The van der Waals surface area contributed by atoms with Gasteiger partial charge in [-0.25, -0.2) is 9.78 Å². The Morgan fingerprint density at radius 1 is 1.52 bits per heavy atom. The predicted octanol–water partition coefficient (Wildman–Crippen LogP) is 1.03. The number of hydrogen-bond donors (Lipinski definition) is 2. The maximum Gasteiger partial charge on any atom is 0.335 e. The molecular formula is C14H18N4O3. The molecule has 0 aliphatic carbocycles. The van der Waals surface area contributed by atoms with Gasteiger partial charge in [-0.1, -0.05) is 6.07 Å². The molecule has 1 aromatic carbocycles. The maximum absolute atomic E-state index is 10.8. The van der Waals surface area contributed by atoms with Gasteiger partial charge in [0.25, 0.3) is 0 Å². The van der Waals surface area contributed by atoms with Crippen LogP contribution < -0.4 is 10.1 Å². The lowest BCUT2D eigenvalue weighted by Gasteiger charge is -2.14. The van der Waals surface area contributed by atoms with Crippen LogP contribution in [0.25, 0.3) is 0 Å². The minimum absolute atomic E-state index is 0.222. The van der Waals surface area contributed by atoms with Crippen LogP contribution in [0, 0.1) is 0 Å². The fourth-order valence-corrected chi connectivity index (χ4v) is 1.87. The normalized spacial score (nSPS) is 12.0. The lowest BCUT2D eigenvalue weighted by Crippen LogP contribution is -2.33. The molecule has 7 heteroatoms. The van der Waals surface area contributed by atoms with Gasteiger partial charge in [0.1, 0.15) is 25.0 Å². The van der Waals surface area contributed by atoms with Crippen LogP contribution in [0.1, 0.15) is 17.3 Å². The van der Waals surface area contributed by atoms with Crippen molar-refractivity contribution in [3.63, 3.8) is 0 Å². The minimum Gasteiger partial charge on any atom is -0.492 e. The maximum atomic E-state index is 10.8. The standard InChI is InChI=1S/C14H18N4O3/c1-11(8-18-10-15-9-17-18)16-5-6-21-13-4-2-3-12(7-13)14(19)20/h2-4,7,9-11,16H,5-6,8H2,1H3,(H,19,20). The van der Waals surface area contributed by atoms with Crippen molar-refractivity contribution < 1.29 is 14.6 Å². The molecule has 2 aromatic rings. The molecule has 0 fully saturated rings. The number of carboxylic acids is 1. The van der Waals surface area contributed by atoms with Crippen LogP contribution in [0.3, 0.4) is 0 Å². The summed E-state index contributed by atoms with van der Waals surface area (Å²) in [5.41, 5.74) is 0.222. The first-order chi connectivity index (χ1) is 10.1. The number of carboxylic acid groups (broad SMARTS) is 1. The second-order valence-corrected chi connectivity index (χ2v) is 4.65. The highest BCUT2D eigenvalue weighted by molar-refractivity contribution is 5.87. The van der Waals surface area contributed by atoms with Crippen LogP contribution >= 0.6 is 0 Å². The summed E-state index contributed by atoms with van der Waals surface area (Å²) in [5.74, 6) is -0.402. The van der Waals surface area contributed by atoms with Crippen molar-refractivity contribution in [1.29, 1.82) is 0 Å². The zero-order valence-corrected chi connectivity index (χ0v) is 11.8. The molecule has 0 amide bonds. The number of nitrogens with one attached hydrogen (secondary N) is 1. The Labute approximate surface area is 122 Å². The van der Waals surface area contributed by atoms with E-state index in [1.54, 1.807) is 23.1 Å². The van der Waals surface area contributed by atoms with Crippen molar-refractivity contribution in [1.82, 2.24) is 20.1 Å². The van der Waals surface area contributed by atoms with Crippen molar-refractivity contribution in [2.45, 2.75) is 19.5 Å². The topological polar surface area (TPSA) is 89.3 Å². The first kappa shape index (κ1) is 15.0. The summed E-state index contributed by atoms with van der Waals surface area (Å²) >= 11 is 0. The molecule has 7 nitrogen and oxygen atoms in total. The molecule has 0 aliphatic heterocycles. The number of rotatable bonds is 8. The van der Waals surface area contributed by atoms with E-state index in [4.69, 9.17) is 9.84 Å². The van der Waals surface area contributed by atoms with Gasteiger partial charge in [0.15, 0.2) is 0 Å². The zero-order valence-electron chi connectivity index (χ0n) is 11.8. The van der Waals surface area contributed by atoms with Gasteiger partial charge in [0.2, 0.25) is 0 Å². The van der Waals surface area contributed by atoms with Crippen molar-refractivity contribution in [3.8, 4) is 5.75 Å². The molecule has 0 radical (unpaired) electrons. The lowest BCUT2D eigenvalue weighted by molar-refractivity contribution is 0.0696. The molecule has 21 heavy (non-hydrogen) atoms. The molecule has 0 saturated carbocycles. The number of aromatic nitrogens is 3. The van der Waals surface area contributed by atoms with Crippen LogP contribution in [0.15, 0.2) is 36.9 Å². The Balaban J connectivity index is 1.69. The summed E-state index contributed by atoms with van der Waals surface area (Å²) in [4.78, 5) is 14.7. The largest absolute Gasteiger partial charge is 0.492 e. The monoisotopic (exact) mass is 290 g/mol. The first-order valence-electron chi connectivity index (χ1n) is 6.67. The van der Waals surface area contributed by atoms with Crippen LogP contribution in [-0.4, -0.2) is 45.0 Å². The summed E-state index contributed by atoms with van der Waals surface area (Å²) < 4.78 is 7.28. The Bertz CT molecular complexity index is 571. The van der Waals surface area contributed by atoms with Crippen molar-refractivity contribution >= 4 is 5.97 Å². The Morgan fingerprint density at radius 2 is 2.38 bits per heavy atom. The van der Waals surface area contributed by atoms with E-state index in [-0.39, 0.29) is 11.6 Å². The zero-order chi connectivity index (χ0) is 15.1. The number of ether oxygens (including phenoxy) is 1. The molecule has 0 bridgehead atoms. The SMILES string of the molecule is CC(Cn1cncn1)NCCOc1cccc(C(=O)O)c1.